The van der Waals surface area contributed by atoms with Crippen LogP contribution in [0.1, 0.15) is 0 Å². The van der Waals surface area contributed by atoms with Crippen molar-refractivity contribution in [1.29, 1.82) is 0 Å². The Hall–Kier alpha value is -16.5. The third-order valence-electron chi connectivity index (χ3n) is 27.0. The second-order valence-corrected chi connectivity index (χ2v) is 41.2. The van der Waals surface area contributed by atoms with Crippen LogP contribution in [0.15, 0.2) is 431 Å². The van der Waals surface area contributed by atoms with Crippen LogP contribution in [0.4, 0.5) is 0 Å². The fourth-order valence-electron chi connectivity index (χ4n) is 21.7. The molecule has 0 unspecified atom stereocenters. The Kier molecular flexibility index (Phi) is 15.8. The molecule has 0 atom stereocenters. The predicted octanol–water partition coefficient (Wildman–Crippen LogP) is 15.8. The standard InChI is InChI=1S/C62H39BN6O2Si.C49H32BN3O2Si/c1-3-19-42(20-4-1)72(43-21-5-2-6-22-43,44-23-17-18-40(36-44)66-52-30-13-14-31-53(52)68-50-28-11-9-26-48(50)64-61(66)68)45-34-35-54-55(39-45)69-51-29-12-10-27-49(51)65-62(69)67(54)41-37-58-60-59(38-41)71-57-33-16-8-25-47(57)63(60)46-24-7-15-32-56(46)70-58;1-4-16-34(17-5-1)56(35-18-6-2-7-19-35,36-20-8-3-9-21-36)37-28-29-40-43(32-37)53-42-25-13-12-24-41(42)52(49(53)51-40)33-30-46-48-47(31-33)55-45-27-15-11-23-39(45)50(48)38-22-10-14-26-44(38)54-46/h1-39H;1-32H. The van der Waals surface area contributed by atoms with E-state index in [0.717, 1.165) is 179 Å². The highest BCUT2D eigenvalue weighted by molar-refractivity contribution is 7.20. The monoisotopic (exact) mass is 1670 g/mol. The number of aromatic nitrogens is 9. The summed E-state index contributed by atoms with van der Waals surface area (Å²) in [4.78, 5) is 16.1. The van der Waals surface area contributed by atoms with Gasteiger partial charge in [-0.25, -0.2) is 15.0 Å². The Bertz CT molecular complexity index is 8430. The molecule has 128 heavy (non-hydrogen) atoms. The van der Waals surface area contributed by atoms with Gasteiger partial charge in [0.05, 0.1) is 77.6 Å². The molecule has 24 aromatic rings. The SMILES string of the molecule is c1ccc([Si](c2ccccc2)(c2cccc(-n3c4ccccc4n4c5ccccc5nc34)c2)c2ccc3c(c2)n2c4ccccc4nc2n3-c2cc3c4c(c2)Oc2ccccc2B4c2ccccc2O3)cc1.c1ccc([Si](c2ccccc2)(c2ccccc2)c2ccc3nc4n(-c5cc6c7c(c5)Oc5ccccc5B7c5ccccc5O6)c5ccccc5n4c3c2)cc1. The minimum absolute atomic E-state index is 0.0149. The molecule has 6 aromatic heterocycles. The van der Waals surface area contributed by atoms with Gasteiger partial charge in [-0.3, -0.25) is 26.9 Å². The first-order chi connectivity index (χ1) is 63.5. The van der Waals surface area contributed by atoms with Gasteiger partial charge < -0.3 is 18.9 Å². The number of hydrogen-bond donors (Lipinski definition) is 0. The number of para-hydroxylation sites is 12. The van der Waals surface area contributed by atoms with Crippen molar-refractivity contribution < 1.29 is 18.9 Å². The number of ether oxygens (including phenoxy) is 4. The number of rotatable bonds is 11. The van der Waals surface area contributed by atoms with Crippen molar-refractivity contribution >= 4 is 187 Å². The lowest BCUT2D eigenvalue weighted by Crippen LogP contribution is -2.74. The molecule has 0 saturated heterocycles. The Labute approximate surface area is 736 Å². The average Bonchev–Trinajstić information content (AvgIpc) is 1.46. The van der Waals surface area contributed by atoms with Crippen molar-refractivity contribution in [2.24, 2.45) is 0 Å². The van der Waals surface area contributed by atoms with E-state index in [4.69, 9.17) is 33.9 Å². The third-order valence-corrected chi connectivity index (χ3v) is 36.5. The summed E-state index contributed by atoms with van der Waals surface area (Å²) in [6, 6.07) is 155. The van der Waals surface area contributed by atoms with Crippen LogP contribution >= 0.6 is 0 Å². The van der Waals surface area contributed by atoms with Crippen molar-refractivity contribution in [2.45, 2.75) is 0 Å². The average molecular weight is 1670 g/mol. The molecule has 18 aromatic carbocycles. The van der Waals surface area contributed by atoms with E-state index in [-0.39, 0.29) is 13.4 Å². The Morgan fingerprint density at radius 3 is 0.875 bits per heavy atom. The van der Waals surface area contributed by atoms with Gasteiger partial charge in [-0.1, -0.05) is 297 Å². The largest absolute Gasteiger partial charge is 0.458 e. The molecule has 0 N–H and O–H groups in total. The van der Waals surface area contributed by atoms with E-state index in [9.17, 15) is 0 Å². The number of imidazole rings is 6. The van der Waals surface area contributed by atoms with Crippen LogP contribution < -0.4 is 93.2 Å². The summed E-state index contributed by atoms with van der Waals surface area (Å²) in [7, 11) is -5.93. The number of hydrogen-bond acceptors (Lipinski definition) is 7. The van der Waals surface area contributed by atoms with Gasteiger partial charge in [-0.15, -0.1) is 0 Å². The lowest BCUT2D eigenvalue weighted by atomic mass is 9.35. The molecule has 0 saturated carbocycles. The Balaban J connectivity index is 0.000000137. The highest BCUT2D eigenvalue weighted by Crippen LogP contribution is 2.43. The van der Waals surface area contributed by atoms with Crippen LogP contribution in [-0.4, -0.2) is 71.4 Å². The maximum atomic E-state index is 6.85. The molecule has 0 aliphatic carbocycles. The molecule has 13 nitrogen and oxygen atoms in total. The molecule has 598 valence electrons. The van der Waals surface area contributed by atoms with Crippen molar-refractivity contribution in [3.63, 3.8) is 0 Å². The molecule has 17 heteroatoms. The number of nitrogens with zero attached hydrogens (tertiary/aromatic N) is 9. The molecule has 0 bridgehead atoms. The zero-order valence-electron chi connectivity index (χ0n) is 68.8. The fourth-order valence-corrected chi connectivity index (χ4v) is 31.3. The van der Waals surface area contributed by atoms with Crippen LogP contribution in [0.2, 0.25) is 0 Å². The van der Waals surface area contributed by atoms with E-state index < -0.39 is 16.1 Å². The van der Waals surface area contributed by atoms with Gasteiger partial charge in [0.25, 0.3) is 13.4 Å². The summed E-state index contributed by atoms with van der Waals surface area (Å²) in [5, 5.41) is 10.4. The smallest absolute Gasteiger partial charge is 0.260 e. The first-order valence-corrected chi connectivity index (χ1v) is 47.5. The van der Waals surface area contributed by atoms with E-state index in [1.165, 1.54) is 41.5 Å². The van der Waals surface area contributed by atoms with E-state index >= 15 is 0 Å². The summed E-state index contributed by atoms with van der Waals surface area (Å²) in [5.74, 6) is 9.14. The second kappa shape index (κ2) is 28.0. The number of fused-ring (bicyclic) bond motifs is 23. The summed E-state index contributed by atoms with van der Waals surface area (Å²) < 4.78 is 41.0. The summed E-state index contributed by atoms with van der Waals surface area (Å²) in [6.45, 7) is -0.00723. The van der Waals surface area contributed by atoms with Gasteiger partial charge in [0.1, 0.15) is 46.0 Å². The van der Waals surface area contributed by atoms with Crippen LogP contribution in [-0.2, 0) is 0 Å². The molecule has 0 amide bonds. The van der Waals surface area contributed by atoms with Crippen molar-refractivity contribution in [2.75, 3.05) is 0 Å². The topological polar surface area (TPSA) is 104 Å². The van der Waals surface area contributed by atoms with E-state index in [1.807, 2.05) is 24.3 Å². The van der Waals surface area contributed by atoms with Crippen LogP contribution in [0.25, 0.3) is 101 Å². The normalized spacial score (nSPS) is 12.9. The maximum absolute atomic E-state index is 6.85. The minimum Gasteiger partial charge on any atom is -0.458 e. The third kappa shape index (κ3) is 10.4. The molecule has 4 aliphatic rings. The summed E-state index contributed by atoms with van der Waals surface area (Å²) in [5.41, 5.74) is 22.0. The van der Waals surface area contributed by atoms with Crippen molar-refractivity contribution in [1.82, 2.24) is 41.9 Å². The van der Waals surface area contributed by atoms with E-state index in [2.05, 4.69) is 433 Å². The van der Waals surface area contributed by atoms with Gasteiger partial charge in [0.15, 0.2) is 16.1 Å². The summed E-state index contributed by atoms with van der Waals surface area (Å²) >= 11 is 0. The van der Waals surface area contributed by atoms with Gasteiger partial charge in [-0.2, -0.15) is 0 Å². The zero-order chi connectivity index (χ0) is 83.9. The maximum Gasteiger partial charge on any atom is 0.260 e. The Morgan fingerprint density at radius 2 is 0.469 bits per heavy atom. The molecular weight excluding hydrogens is 1600 g/mol. The highest BCUT2D eigenvalue weighted by Gasteiger charge is 2.47. The van der Waals surface area contributed by atoms with Crippen molar-refractivity contribution in [3.8, 4) is 63.1 Å². The molecule has 10 heterocycles. The molecule has 28 rings (SSSR count). The van der Waals surface area contributed by atoms with E-state index in [1.54, 1.807) is 0 Å². The lowest BCUT2D eigenvalue weighted by molar-refractivity contribution is 0.463. The van der Waals surface area contributed by atoms with Gasteiger partial charge in [-0.05, 0) is 173 Å². The van der Waals surface area contributed by atoms with Crippen molar-refractivity contribution in [3.05, 3.63) is 431 Å². The van der Waals surface area contributed by atoms with Gasteiger partial charge in [0, 0.05) is 40.9 Å². The fraction of sp³-hybridized carbons (Fsp3) is 0. The van der Waals surface area contributed by atoms with Gasteiger partial charge >= 0.3 is 0 Å². The Morgan fingerprint density at radius 1 is 0.188 bits per heavy atom. The first kappa shape index (κ1) is 72.0. The molecule has 4 aliphatic heterocycles. The molecule has 0 radical (unpaired) electrons. The lowest BCUT2D eigenvalue weighted by Gasteiger charge is -2.35. The molecular formula is C111H71B2N9O4Si2. The first-order valence-electron chi connectivity index (χ1n) is 43.5. The summed E-state index contributed by atoms with van der Waals surface area (Å²) in [6.07, 6.45) is 0. The zero-order valence-corrected chi connectivity index (χ0v) is 70.8. The van der Waals surface area contributed by atoms with Crippen LogP contribution in [0.3, 0.4) is 0 Å². The quantitative estimate of drug-likeness (QED) is 0.0938. The van der Waals surface area contributed by atoms with Crippen LogP contribution in [0, 0.1) is 0 Å². The number of benzene rings is 18. The predicted molar refractivity (Wildman–Crippen MR) is 525 cm³/mol. The molecule has 0 spiro atoms. The highest BCUT2D eigenvalue weighted by atomic mass is 28.3. The minimum atomic E-state index is -3.16. The van der Waals surface area contributed by atoms with Crippen LogP contribution in [0.5, 0.6) is 46.0 Å². The van der Waals surface area contributed by atoms with Gasteiger partial charge in [0.2, 0.25) is 17.3 Å². The second-order valence-electron chi connectivity index (χ2n) is 33.6. The van der Waals surface area contributed by atoms with E-state index in [0.29, 0.717) is 0 Å². The molecule has 0 fully saturated rings.